The van der Waals surface area contributed by atoms with E-state index >= 15 is 0 Å². The molecule has 0 saturated carbocycles. The molecule has 1 aromatic heterocycles. The van der Waals surface area contributed by atoms with Gasteiger partial charge in [-0.15, -0.1) is 0 Å². The predicted octanol–water partition coefficient (Wildman–Crippen LogP) is 1.69. The normalized spacial score (nSPS) is 15.5. The number of ether oxygens (including phenoxy) is 1. The van der Waals surface area contributed by atoms with Crippen LogP contribution in [0.4, 0.5) is 4.79 Å². The van der Waals surface area contributed by atoms with Crippen LogP contribution in [0.1, 0.15) is 0 Å². The number of hydrogen-bond acceptors (Lipinski definition) is 5. The molecule has 8 heteroatoms. The molecule has 0 atom stereocenters. The Labute approximate surface area is 149 Å². The Balaban J connectivity index is 1.69. The number of para-hydroxylation sites is 2. The van der Waals surface area contributed by atoms with Gasteiger partial charge in [-0.25, -0.2) is 4.79 Å². The second kappa shape index (κ2) is 6.30. The van der Waals surface area contributed by atoms with E-state index in [4.69, 9.17) is 4.74 Å². The zero-order valence-corrected chi connectivity index (χ0v) is 14.3. The molecular weight excluding hydrogens is 336 g/mol. The molecule has 0 radical (unpaired) electrons. The molecule has 0 bridgehead atoms. The smallest absolute Gasteiger partial charge is 0.415 e. The summed E-state index contributed by atoms with van der Waals surface area (Å²) in [5, 5.41) is 10.5. The first-order valence-corrected chi connectivity index (χ1v) is 8.39. The van der Waals surface area contributed by atoms with Crippen LogP contribution in [-0.2, 0) is 0 Å². The van der Waals surface area contributed by atoms with Gasteiger partial charge in [0.15, 0.2) is 11.0 Å². The number of nitrogens with zero attached hydrogens (tertiary/aromatic N) is 4. The third-order valence-corrected chi connectivity index (χ3v) is 4.69. The molecule has 1 aliphatic heterocycles. The van der Waals surface area contributed by atoms with Crippen molar-refractivity contribution in [2.24, 2.45) is 0 Å². The highest BCUT2D eigenvalue weighted by molar-refractivity contribution is 5.83. The van der Waals surface area contributed by atoms with Crippen LogP contribution in [0.15, 0.2) is 42.5 Å². The number of benzene rings is 2. The molecule has 3 aromatic rings. The van der Waals surface area contributed by atoms with E-state index in [0.717, 1.165) is 22.2 Å². The number of rotatable bonds is 1. The van der Waals surface area contributed by atoms with E-state index in [1.54, 1.807) is 35.2 Å². The Morgan fingerprint density at radius 3 is 2.50 bits per heavy atom. The SMILES string of the molecule is CN1CCN(C(=O)Oc2ccc3c(c2)n(O)c2ccccc2[n+]3=O)CC1. The van der Waals surface area contributed by atoms with Crippen LogP contribution in [0.5, 0.6) is 5.75 Å². The minimum absolute atomic E-state index is 0.266. The van der Waals surface area contributed by atoms with Gasteiger partial charge in [-0.1, -0.05) is 12.1 Å². The molecule has 8 nitrogen and oxygen atoms in total. The third-order valence-electron chi connectivity index (χ3n) is 4.69. The van der Waals surface area contributed by atoms with Gasteiger partial charge < -0.3 is 19.7 Å². The molecular formula is C18H19N4O4+. The van der Waals surface area contributed by atoms with Crippen LogP contribution in [0.25, 0.3) is 22.1 Å². The first-order valence-electron chi connectivity index (χ1n) is 8.39. The number of carbonyl (C=O) groups excluding carboxylic acids is 1. The molecule has 2 aromatic carbocycles. The molecule has 0 spiro atoms. The van der Waals surface area contributed by atoms with Crippen molar-refractivity contribution < 1.29 is 19.2 Å². The highest BCUT2D eigenvalue weighted by Gasteiger charge is 2.22. The summed E-state index contributed by atoms with van der Waals surface area (Å²) in [7, 11) is 2.01. The number of aromatic nitrogens is 2. The van der Waals surface area contributed by atoms with Gasteiger partial charge in [0.1, 0.15) is 5.75 Å². The fourth-order valence-electron chi connectivity index (χ4n) is 3.14. The fourth-order valence-corrected chi connectivity index (χ4v) is 3.14. The second-order valence-electron chi connectivity index (χ2n) is 6.40. The molecule has 0 unspecified atom stereocenters. The van der Waals surface area contributed by atoms with Gasteiger partial charge in [0.05, 0.1) is 4.43 Å². The number of carbonyl (C=O) groups is 1. The average molecular weight is 355 g/mol. The minimum atomic E-state index is -0.433. The lowest BCUT2D eigenvalue weighted by molar-refractivity contribution is -0.433. The largest absolute Gasteiger partial charge is 0.427 e. The molecule has 26 heavy (non-hydrogen) atoms. The van der Waals surface area contributed by atoms with Gasteiger partial charge in [0, 0.05) is 49.3 Å². The first-order chi connectivity index (χ1) is 12.5. The minimum Gasteiger partial charge on any atom is -0.427 e. The van der Waals surface area contributed by atoms with Gasteiger partial charge in [0.2, 0.25) is 0 Å². The number of hydrogen-bond donors (Lipinski definition) is 1. The molecule has 0 aliphatic carbocycles. The van der Waals surface area contributed by atoms with E-state index in [9.17, 15) is 14.9 Å². The van der Waals surface area contributed by atoms with E-state index in [1.807, 2.05) is 7.05 Å². The Kier molecular flexibility index (Phi) is 3.96. The predicted molar refractivity (Wildman–Crippen MR) is 95.1 cm³/mol. The zero-order chi connectivity index (χ0) is 18.3. The Morgan fingerprint density at radius 1 is 1.04 bits per heavy atom. The lowest BCUT2D eigenvalue weighted by atomic mass is 10.2. The summed E-state index contributed by atoms with van der Waals surface area (Å²) in [4.78, 5) is 28.6. The van der Waals surface area contributed by atoms with Crippen molar-refractivity contribution in [3.05, 3.63) is 47.4 Å². The van der Waals surface area contributed by atoms with Crippen molar-refractivity contribution in [1.29, 1.82) is 0 Å². The molecule has 134 valence electrons. The summed E-state index contributed by atoms with van der Waals surface area (Å²) >= 11 is 0. The van der Waals surface area contributed by atoms with E-state index in [2.05, 4.69) is 4.90 Å². The van der Waals surface area contributed by atoms with E-state index in [-0.39, 0.29) is 16.8 Å². The molecule has 4 rings (SSSR count). The molecule has 1 fully saturated rings. The molecule has 1 N–H and O–H groups in total. The molecule has 1 aliphatic rings. The Hall–Kier alpha value is -3.13. The van der Waals surface area contributed by atoms with Crippen LogP contribution in [0.2, 0.25) is 0 Å². The summed E-state index contributed by atoms with van der Waals surface area (Å²) in [6.45, 7) is 2.81. The van der Waals surface area contributed by atoms with Gasteiger partial charge in [-0.05, 0) is 19.2 Å². The molecule has 1 amide bonds. The van der Waals surface area contributed by atoms with Crippen LogP contribution < -0.4 is 9.16 Å². The highest BCUT2D eigenvalue weighted by Crippen LogP contribution is 2.22. The average Bonchev–Trinajstić information content (AvgIpc) is 2.66. The monoisotopic (exact) mass is 355 g/mol. The van der Waals surface area contributed by atoms with Crippen molar-refractivity contribution in [2.75, 3.05) is 33.2 Å². The lowest BCUT2D eigenvalue weighted by Gasteiger charge is -2.31. The third kappa shape index (κ3) is 2.74. The second-order valence-corrected chi connectivity index (χ2v) is 6.40. The van der Waals surface area contributed by atoms with Crippen LogP contribution in [-0.4, -0.2) is 59.1 Å². The maximum absolute atomic E-state index is 12.5. The summed E-state index contributed by atoms with van der Waals surface area (Å²) in [5.74, 6) is 0.277. The maximum atomic E-state index is 12.5. The quantitative estimate of drug-likeness (QED) is 0.408. The van der Waals surface area contributed by atoms with Gasteiger partial charge in [-0.2, -0.15) is 4.73 Å². The van der Waals surface area contributed by atoms with Crippen molar-refractivity contribution in [1.82, 2.24) is 14.5 Å². The van der Waals surface area contributed by atoms with Crippen molar-refractivity contribution >= 4 is 28.2 Å². The van der Waals surface area contributed by atoms with Gasteiger partial charge >= 0.3 is 6.09 Å². The highest BCUT2D eigenvalue weighted by atomic mass is 16.6. The molecule has 1 saturated heterocycles. The zero-order valence-electron chi connectivity index (χ0n) is 14.3. The number of fused-ring (bicyclic) bond motifs is 2. The number of amides is 1. The van der Waals surface area contributed by atoms with E-state index in [0.29, 0.717) is 24.1 Å². The Morgan fingerprint density at radius 2 is 1.73 bits per heavy atom. The van der Waals surface area contributed by atoms with Crippen molar-refractivity contribution in [2.45, 2.75) is 0 Å². The van der Waals surface area contributed by atoms with Crippen molar-refractivity contribution in [3.63, 3.8) is 0 Å². The summed E-state index contributed by atoms with van der Waals surface area (Å²) < 4.78 is 7.13. The standard InChI is InChI=1S/C18H19N4O4/c1-19-8-10-20(11-9-19)18(23)26-13-6-7-16-17(12-13)22(25)15-5-3-2-4-14(15)21(16)24/h2-7,12,25H,8-11H2,1H3/q+1. The number of likely N-dealkylation sites (N-methyl/N-ethyl adjacent to an activating group) is 1. The van der Waals surface area contributed by atoms with Crippen LogP contribution in [0.3, 0.4) is 0 Å². The van der Waals surface area contributed by atoms with Gasteiger partial charge in [-0.3, -0.25) is 0 Å². The lowest BCUT2D eigenvalue weighted by Crippen LogP contribution is -2.48. The van der Waals surface area contributed by atoms with Crippen LogP contribution >= 0.6 is 0 Å². The topological polar surface area (TPSA) is 80.9 Å². The summed E-state index contributed by atoms with van der Waals surface area (Å²) in [6.07, 6.45) is -0.433. The first kappa shape index (κ1) is 16.3. The van der Waals surface area contributed by atoms with Crippen molar-refractivity contribution in [3.8, 4) is 5.75 Å². The van der Waals surface area contributed by atoms with Gasteiger partial charge in [0.25, 0.3) is 11.0 Å². The summed E-state index contributed by atoms with van der Waals surface area (Å²) in [6, 6.07) is 11.3. The van der Waals surface area contributed by atoms with E-state index in [1.165, 1.54) is 12.1 Å². The summed E-state index contributed by atoms with van der Waals surface area (Å²) in [5.41, 5.74) is 1.27. The fraction of sp³-hybridized carbons (Fsp3) is 0.278. The van der Waals surface area contributed by atoms with Crippen LogP contribution in [0, 0.1) is 4.91 Å². The molecule has 2 heterocycles. The maximum Gasteiger partial charge on any atom is 0.415 e. The van der Waals surface area contributed by atoms with E-state index < -0.39 is 6.09 Å². The number of piperazine rings is 1. The Bertz CT molecular complexity index is 1050.